The first-order valence-corrected chi connectivity index (χ1v) is 5.41. The van der Waals surface area contributed by atoms with E-state index in [0.29, 0.717) is 5.82 Å². The van der Waals surface area contributed by atoms with Crippen molar-refractivity contribution in [1.82, 2.24) is 30.3 Å². The van der Waals surface area contributed by atoms with Crippen LogP contribution in [-0.4, -0.2) is 30.9 Å². The van der Waals surface area contributed by atoms with Crippen LogP contribution in [0.4, 0.5) is 0 Å². The highest BCUT2D eigenvalue weighted by atomic mass is 16.2. The molecule has 2 N–H and O–H groups in total. The molecule has 18 heavy (non-hydrogen) atoms. The maximum Gasteiger partial charge on any atom is 0.272 e. The molecule has 2 aromatic rings. The molecule has 2 rings (SSSR count). The van der Waals surface area contributed by atoms with E-state index in [1.54, 1.807) is 6.33 Å². The van der Waals surface area contributed by atoms with E-state index >= 15 is 0 Å². The number of aromatic amines is 1. The molecule has 0 spiro atoms. The SMILES string of the molecule is CCn1cnnc1CNC(=O)c1ccc(=O)[nH]n1. The second-order valence-electron chi connectivity index (χ2n) is 3.52. The Hall–Kier alpha value is -2.51. The van der Waals surface area contributed by atoms with Crippen molar-refractivity contribution in [3.05, 3.63) is 40.3 Å². The summed E-state index contributed by atoms with van der Waals surface area (Å²) in [5.41, 5.74) is -0.200. The molecule has 1 amide bonds. The molecule has 2 heterocycles. The average Bonchev–Trinajstić information content (AvgIpc) is 2.84. The fourth-order valence-corrected chi connectivity index (χ4v) is 1.40. The molecule has 0 saturated carbocycles. The summed E-state index contributed by atoms with van der Waals surface area (Å²) in [6.07, 6.45) is 1.60. The van der Waals surface area contributed by atoms with Gasteiger partial charge in [0.05, 0.1) is 6.54 Å². The Bertz CT molecular complexity index is 582. The third-order valence-corrected chi connectivity index (χ3v) is 2.36. The van der Waals surface area contributed by atoms with Crippen molar-refractivity contribution in [3.8, 4) is 0 Å². The fraction of sp³-hybridized carbons (Fsp3) is 0.300. The van der Waals surface area contributed by atoms with Gasteiger partial charge in [-0.05, 0) is 13.0 Å². The number of H-pyrrole nitrogens is 1. The van der Waals surface area contributed by atoms with Crippen molar-refractivity contribution < 1.29 is 4.79 Å². The van der Waals surface area contributed by atoms with Gasteiger partial charge in [-0.25, -0.2) is 5.10 Å². The summed E-state index contributed by atoms with van der Waals surface area (Å²) in [6, 6.07) is 2.61. The van der Waals surface area contributed by atoms with Gasteiger partial charge >= 0.3 is 0 Å². The Morgan fingerprint density at radius 2 is 2.33 bits per heavy atom. The van der Waals surface area contributed by atoms with Gasteiger partial charge in [0.25, 0.3) is 11.5 Å². The first-order chi connectivity index (χ1) is 8.70. The first-order valence-electron chi connectivity index (χ1n) is 5.41. The van der Waals surface area contributed by atoms with Crippen molar-refractivity contribution in [2.24, 2.45) is 0 Å². The topological polar surface area (TPSA) is 106 Å². The van der Waals surface area contributed by atoms with Crippen LogP contribution in [0.25, 0.3) is 0 Å². The van der Waals surface area contributed by atoms with Crippen molar-refractivity contribution in [3.63, 3.8) is 0 Å². The van der Waals surface area contributed by atoms with Gasteiger partial charge in [0.1, 0.15) is 12.0 Å². The predicted octanol–water partition coefficient (Wildman–Crippen LogP) is -0.689. The van der Waals surface area contributed by atoms with E-state index in [1.165, 1.54) is 12.1 Å². The lowest BCUT2D eigenvalue weighted by molar-refractivity contribution is 0.0943. The third kappa shape index (κ3) is 2.59. The number of carbonyl (C=O) groups excluding carboxylic acids is 1. The lowest BCUT2D eigenvalue weighted by atomic mass is 10.3. The van der Waals surface area contributed by atoms with E-state index in [9.17, 15) is 9.59 Å². The van der Waals surface area contributed by atoms with Crippen molar-refractivity contribution in [2.45, 2.75) is 20.0 Å². The molecular weight excluding hydrogens is 236 g/mol. The van der Waals surface area contributed by atoms with Crippen LogP contribution in [0.5, 0.6) is 0 Å². The van der Waals surface area contributed by atoms with E-state index in [1.807, 2.05) is 11.5 Å². The Morgan fingerprint density at radius 1 is 1.50 bits per heavy atom. The summed E-state index contributed by atoms with van der Waals surface area (Å²) < 4.78 is 1.82. The molecule has 0 aliphatic heterocycles. The van der Waals surface area contributed by atoms with E-state index in [2.05, 4.69) is 25.7 Å². The van der Waals surface area contributed by atoms with Crippen LogP contribution in [-0.2, 0) is 13.1 Å². The Morgan fingerprint density at radius 3 is 3.00 bits per heavy atom. The van der Waals surface area contributed by atoms with Gasteiger partial charge in [-0.1, -0.05) is 0 Å². The number of aromatic nitrogens is 5. The number of hydrogen-bond donors (Lipinski definition) is 2. The molecular formula is C10H12N6O2. The lowest BCUT2D eigenvalue weighted by Crippen LogP contribution is -2.26. The Kier molecular flexibility index (Phi) is 3.46. The van der Waals surface area contributed by atoms with Crippen molar-refractivity contribution >= 4 is 5.91 Å². The summed E-state index contributed by atoms with van der Waals surface area (Å²) in [5.74, 6) is 0.284. The second kappa shape index (κ2) is 5.21. The highest BCUT2D eigenvalue weighted by Gasteiger charge is 2.09. The number of aryl methyl sites for hydroxylation is 1. The standard InChI is InChI=1S/C10H12N6O2/c1-2-16-6-12-14-8(16)5-11-10(18)7-3-4-9(17)15-13-7/h3-4,6H,2,5H2,1H3,(H,11,18)(H,15,17). The fourth-order valence-electron chi connectivity index (χ4n) is 1.40. The van der Waals surface area contributed by atoms with Gasteiger partial charge in [0.2, 0.25) is 0 Å². The smallest absolute Gasteiger partial charge is 0.272 e. The van der Waals surface area contributed by atoms with Gasteiger partial charge in [0.15, 0.2) is 5.82 Å². The van der Waals surface area contributed by atoms with Gasteiger partial charge in [0, 0.05) is 12.6 Å². The number of nitrogens with zero attached hydrogens (tertiary/aromatic N) is 4. The van der Waals surface area contributed by atoms with E-state index in [-0.39, 0.29) is 23.7 Å². The normalized spacial score (nSPS) is 10.3. The predicted molar refractivity (Wildman–Crippen MR) is 61.7 cm³/mol. The molecule has 0 aliphatic rings. The quantitative estimate of drug-likeness (QED) is 0.745. The van der Waals surface area contributed by atoms with Crippen LogP contribution in [0.1, 0.15) is 23.2 Å². The highest BCUT2D eigenvalue weighted by molar-refractivity contribution is 5.91. The second-order valence-corrected chi connectivity index (χ2v) is 3.52. The largest absolute Gasteiger partial charge is 0.343 e. The number of nitrogens with one attached hydrogen (secondary N) is 2. The van der Waals surface area contributed by atoms with Crippen LogP contribution < -0.4 is 10.9 Å². The average molecular weight is 248 g/mol. The van der Waals surface area contributed by atoms with Crippen LogP contribution in [0.15, 0.2) is 23.3 Å². The molecule has 0 bridgehead atoms. The number of rotatable bonds is 4. The summed E-state index contributed by atoms with van der Waals surface area (Å²) in [4.78, 5) is 22.5. The van der Waals surface area contributed by atoms with E-state index in [0.717, 1.165) is 6.54 Å². The molecule has 0 atom stereocenters. The van der Waals surface area contributed by atoms with Gasteiger partial charge in [-0.2, -0.15) is 5.10 Å². The molecule has 8 nitrogen and oxygen atoms in total. The van der Waals surface area contributed by atoms with Crippen molar-refractivity contribution in [2.75, 3.05) is 0 Å². The van der Waals surface area contributed by atoms with Crippen LogP contribution >= 0.6 is 0 Å². The molecule has 0 saturated heterocycles. The van der Waals surface area contributed by atoms with Crippen LogP contribution in [0, 0.1) is 0 Å². The van der Waals surface area contributed by atoms with Crippen LogP contribution in [0.2, 0.25) is 0 Å². The zero-order chi connectivity index (χ0) is 13.0. The minimum absolute atomic E-state index is 0.150. The maximum absolute atomic E-state index is 11.7. The molecule has 94 valence electrons. The molecule has 8 heteroatoms. The summed E-state index contributed by atoms with van der Waals surface area (Å²) in [7, 11) is 0. The summed E-state index contributed by atoms with van der Waals surface area (Å²) in [5, 5.41) is 16.1. The minimum Gasteiger partial charge on any atom is -0.343 e. The van der Waals surface area contributed by atoms with Gasteiger partial charge in [-0.15, -0.1) is 10.2 Å². The van der Waals surface area contributed by atoms with E-state index in [4.69, 9.17) is 0 Å². The molecule has 0 aromatic carbocycles. The van der Waals surface area contributed by atoms with Crippen molar-refractivity contribution in [1.29, 1.82) is 0 Å². The summed E-state index contributed by atoms with van der Waals surface area (Å²) >= 11 is 0. The Balaban J connectivity index is 2.00. The minimum atomic E-state index is -0.378. The molecule has 0 radical (unpaired) electrons. The Labute approximate surface area is 102 Å². The summed E-state index contributed by atoms with van der Waals surface area (Å²) in [6.45, 7) is 2.95. The van der Waals surface area contributed by atoms with E-state index < -0.39 is 0 Å². The van der Waals surface area contributed by atoms with Gasteiger partial charge in [-0.3, -0.25) is 9.59 Å². The first kappa shape index (κ1) is 12.0. The van der Waals surface area contributed by atoms with Gasteiger partial charge < -0.3 is 9.88 Å². The number of hydrogen-bond acceptors (Lipinski definition) is 5. The van der Waals surface area contributed by atoms with Crippen LogP contribution in [0.3, 0.4) is 0 Å². The molecule has 0 fully saturated rings. The monoisotopic (exact) mass is 248 g/mol. The number of amides is 1. The molecule has 0 unspecified atom stereocenters. The maximum atomic E-state index is 11.7. The number of carbonyl (C=O) groups is 1. The molecule has 2 aromatic heterocycles. The highest BCUT2D eigenvalue weighted by Crippen LogP contribution is 1.95. The third-order valence-electron chi connectivity index (χ3n) is 2.36. The zero-order valence-corrected chi connectivity index (χ0v) is 9.75. The lowest BCUT2D eigenvalue weighted by Gasteiger charge is -2.04. The zero-order valence-electron chi connectivity index (χ0n) is 9.75. The molecule has 0 aliphatic carbocycles.